The molecule has 2 heterocycles. The topological polar surface area (TPSA) is 50.8 Å². The smallest absolute Gasteiger partial charge is 0.224 e. The number of hydrogen-bond donors (Lipinski definition) is 1. The van der Waals surface area contributed by atoms with E-state index >= 15 is 0 Å². The number of benzene rings is 1. The lowest BCUT2D eigenvalue weighted by Gasteiger charge is -2.04. The lowest BCUT2D eigenvalue weighted by molar-refractivity contribution is 0.399. The normalized spacial score (nSPS) is 10.8. The van der Waals surface area contributed by atoms with Crippen molar-refractivity contribution in [2.24, 2.45) is 0 Å². The van der Waals surface area contributed by atoms with Crippen LogP contribution in [0.1, 0.15) is 0 Å². The Morgan fingerprint density at radius 1 is 1.28 bits per heavy atom. The van der Waals surface area contributed by atoms with E-state index in [4.69, 9.17) is 4.74 Å². The standard InChI is InChI=1S/C13H10BrN3O/c1-18-13-9(6-8(14)7-15-13)12-16-10-4-2-3-5-11(10)17-12/h2-7H,1H3,(H,16,17). The molecule has 3 rings (SSSR count). The molecule has 0 radical (unpaired) electrons. The summed E-state index contributed by atoms with van der Waals surface area (Å²) >= 11 is 3.41. The molecule has 0 spiro atoms. The molecule has 1 N–H and O–H groups in total. The van der Waals surface area contributed by atoms with E-state index in [0.717, 1.165) is 26.9 Å². The minimum absolute atomic E-state index is 0.553. The molecule has 0 saturated carbocycles. The van der Waals surface area contributed by atoms with E-state index in [1.807, 2.05) is 30.3 Å². The molecule has 0 unspecified atom stereocenters. The highest BCUT2D eigenvalue weighted by atomic mass is 79.9. The molecule has 5 heteroatoms. The van der Waals surface area contributed by atoms with Crippen molar-refractivity contribution < 1.29 is 4.74 Å². The summed E-state index contributed by atoms with van der Waals surface area (Å²) in [4.78, 5) is 12.0. The van der Waals surface area contributed by atoms with Gasteiger partial charge in [0.2, 0.25) is 5.88 Å². The fraction of sp³-hybridized carbons (Fsp3) is 0.0769. The van der Waals surface area contributed by atoms with Crippen molar-refractivity contribution in [1.29, 1.82) is 0 Å². The van der Waals surface area contributed by atoms with Gasteiger partial charge in [0.25, 0.3) is 0 Å². The van der Waals surface area contributed by atoms with Crippen molar-refractivity contribution in [3.8, 4) is 17.3 Å². The third-order valence-electron chi connectivity index (χ3n) is 2.66. The summed E-state index contributed by atoms with van der Waals surface area (Å²) in [6.45, 7) is 0. The van der Waals surface area contributed by atoms with E-state index < -0.39 is 0 Å². The zero-order valence-corrected chi connectivity index (χ0v) is 11.2. The minimum Gasteiger partial charge on any atom is -0.480 e. The van der Waals surface area contributed by atoms with Crippen LogP contribution in [0.4, 0.5) is 0 Å². The molecular formula is C13H10BrN3O. The number of halogens is 1. The molecule has 18 heavy (non-hydrogen) atoms. The van der Waals surface area contributed by atoms with Crippen molar-refractivity contribution in [2.75, 3.05) is 7.11 Å². The highest BCUT2D eigenvalue weighted by molar-refractivity contribution is 9.10. The number of para-hydroxylation sites is 2. The van der Waals surface area contributed by atoms with E-state index in [2.05, 4.69) is 30.9 Å². The van der Waals surface area contributed by atoms with Gasteiger partial charge in [-0.15, -0.1) is 0 Å². The lowest BCUT2D eigenvalue weighted by atomic mass is 10.2. The summed E-state index contributed by atoms with van der Waals surface area (Å²) in [6.07, 6.45) is 1.70. The highest BCUT2D eigenvalue weighted by Gasteiger charge is 2.12. The van der Waals surface area contributed by atoms with E-state index in [1.54, 1.807) is 13.3 Å². The second kappa shape index (κ2) is 4.42. The summed E-state index contributed by atoms with van der Waals surface area (Å²) in [7, 11) is 1.60. The van der Waals surface area contributed by atoms with Crippen LogP contribution in [0, 0.1) is 0 Å². The van der Waals surface area contributed by atoms with Gasteiger partial charge in [-0.1, -0.05) is 12.1 Å². The largest absolute Gasteiger partial charge is 0.480 e. The first-order chi connectivity index (χ1) is 8.78. The third-order valence-corrected chi connectivity index (χ3v) is 3.09. The van der Waals surface area contributed by atoms with E-state index in [9.17, 15) is 0 Å². The van der Waals surface area contributed by atoms with Crippen molar-refractivity contribution in [3.63, 3.8) is 0 Å². The van der Waals surface area contributed by atoms with Crippen LogP contribution in [0.5, 0.6) is 5.88 Å². The predicted molar refractivity (Wildman–Crippen MR) is 73.6 cm³/mol. The summed E-state index contributed by atoms with van der Waals surface area (Å²) < 4.78 is 6.15. The molecule has 2 aromatic heterocycles. The van der Waals surface area contributed by atoms with Crippen LogP contribution in [0.15, 0.2) is 41.0 Å². The Labute approximate surface area is 112 Å². The van der Waals surface area contributed by atoms with Gasteiger partial charge in [0, 0.05) is 10.7 Å². The third kappa shape index (κ3) is 1.86. The molecule has 0 aliphatic rings. The second-order valence-corrected chi connectivity index (χ2v) is 4.73. The fourth-order valence-corrected chi connectivity index (χ4v) is 2.17. The molecule has 0 aliphatic carbocycles. The highest BCUT2D eigenvalue weighted by Crippen LogP contribution is 2.29. The zero-order valence-electron chi connectivity index (χ0n) is 9.64. The van der Waals surface area contributed by atoms with Crippen LogP contribution in [-0.4, -0.2) is 22.1 Å². The quantitative estimate of drug-likeness (QED) is 0.789. The number of ether oxygens (including phenoxy) is 1. The SMILES string of the molecule is COc1ncc(Br)cc1-c1nc2ccccc2[nH]1. The molecule has 90 valence electrons. The molecule has 0 saturated heterocycles. The van der Waals surface area contributed by atoms with Gasteiger partial charge >= 0.3 is 0 Å². The van der Waals surface area contributed by atoms with Crippen molar-refractivity contribution in [3.05, 3.63) is 41.0 Å². The van der Waals surface area contributed by atoms with Gasteiger partial charge in [0.15, 0.2) is 0 Å². The summed E-state index contributed by atoms with van der Waals surface area (Å²) in [5, 5.41) is 0. The Bertz CT molecular complexity index is 675. The first-order valence-corrected chi connectivity index (χ1v) is 6.22. The molecule has 0 fully saturated rings. The van der Waals surface area contributed by atoms with Gasteiger partial charge in [-0.2, -0.15) is 0 Å². The van der Waals surface area contributed by atoms with E-state index in [-0.39, 0.29) is 0 Å². The maximum atomic E-state index is 5.26. The molecule has 1 aromatic carbocycles. The number of imidazole rings is 1. The average molecular weight is 304 g/mol. The molecule has 0 atom stereocenters. The molecule has 0 aliphatic heterocycles. The first-order valence-electron chi connectivity index (χ1n) is 5.42. The number of hydrogen-bond acceptors (Lipinski definition) is 3. The Hall–Kier alpha value is -1.88. The summed E-state index contributed by atoms with van der Waals surface area (Å²) in [5.41, 5.74) is 2.76. The first kappa shape index (κ1) is 11.2. The van der Waals surface area contributed by atoms with E-state index in [1.165, 1.54) is 0 Å². The number of nitrogens with one attached hydrogen (secondary N) is 1. The van der Waals surface area contributed by atoms with Crippen LogP contribution in [-0.2, 0) is 0 Å². The van der Waals surface area contributed by atoms with Gasteiger partial charge in [-0.05, 0) is 34.1 Å². The average Bonchev–Trinajstić information content (AvgIpc) is 2.82. The van der Waals surface area contributed by atoms with Gasteiger partial charge in [0.05, 0.1) is 23.7 Å². The van der Waals surface area contributed by atoms with Crippen LogP contribution >= 0.6 is 15.9 Å². The Kier molecular flexibility index (Phi) is 2.76. The van der Waals surface area contributed by atoms with Crippen LogP contribution in [0.25, 0.3) is 22.4 Å². The van der Waals surface area contributed by atoms with E-state index in [0.29, 0.717) is 5.88 Å². The van der Waals surface area contributed by atoms with Crippen LogP contribution < -0.4 is 4.74 Å². The van der Waals surface area contributed by atoms with Crippen LogP contribution in [0.3, 0.4) is 0 Å². The van der Waals surface area contributed by atoms with Gasteiger partial charge in [-0.25, -0.2) is 9.97 Å². The second-order valence-electron chi connectivity index (χ2n) is 3.81. The molecule has 4 nitrogen and oxygen atoms in total. The Balaban J connectivity index is 2.22. The number of aromatic amines is 1. The zero-order chi connectivity index (χ0) is 12.5. The molecule has 0 amide bonds. The van der Waals surface area contributed by atoms with Gasteiger partial charge in [-0.3, -0.25) is 0 Å². The number of pyridine rings is 1. The number of aromatic nitrogens is 3. The minimum atomic E-state index is 0.553. The number of methoxy groups -OCH3 is 1. The maximum Gasteiger partial charge on any atom is 0.224 e. The van der Waals surface area contributed by atoms with Crippen molar-refractivity contribution in [1.82, 2.24) is 15.0 Å². The predicted octanol–water partition coefficient (Wildman–Crippen LogP) is 3.40. The number of fused-ring (bicyclic) bond motifs is 1. The number of rotatable bonds is 2. The van der Waals surface area contributed by atoms with Crippen molar-refractivity contribution in [2.45, 2.75) is 0 Å². The summed E-state index contributed by atoms with van der Waals surface area (Å²) in [6, 6.07) is 9.82. The Morgan fingerprint density at radius 3 is 2.89 bits per heavy atom. The fourth-order valence-electron chi connectivity index (χ4n) is 1.84. The lowest BCUT2D eigenvalue weighted by Crippen LogP contribution is -1.92. The number of H-pyrrole nitrogens is 1. The van der Waals surface area contributed by atoms with Crippen LogP contribution in [0.2, 0.25) is 0 Å². The molecule has 3 aromatic rings. The monoisotopic (exact) mass is 303 g/mol. The van der Waals surface area contributed by atoms with Gasteiger partial charge in [0.1, 0.15) is 5.82 Å². The van der Waals surface area contributed by atoms with Gasteiger partial charge < -0.3 is 9.72 Å². The molecule has 0 bridgehead atoms. The number of nitrogens with zero attached hydrogens (tertiary/aromatic N) is 2. The summed E-state index contributed by atoms with van der Waals surface area (Å²) in [5.74, 6) is 1.30. The maximum absolute atomic E-state index is 5.26. The Morgan fingerprint density at radius 2 is 2.11 bits per heavy atom. The van der Waals surface area contributed by atoms with Crippen molar-refractivity contribution >= 4 is 27.0 Å². The molecular weight excluding hydrogens is 294 g/mol.